The molecule has 1 fully saturated rings. The third-order valence-electron chi connectivity index (χ3n) is 5.78. The van der Waals surface area contributed by atoms with Crippen LogP contribution in [0.1, 0.15) is 18.4 Å². The van der Waals surface area contributed by atoms with E-state index in [9.17, 15) is 21.6 Å². The number of nitrogens with two attached hydrogens (primary N) is 2. The Bertz CT molecular complexity index is 1360. The first kappa shape index (κ1) is 29.9. The van der Waals surface area contributed by atoms with Crippen molar-refractivity contribution in [1.29, 1.82) is 5.26 Å². The van der Waals surface area contributed by atoms with Crippen molar-refractivity contribution in [2.75, 3.05) is 26.2 Å². The van der Waals surface area contributed by atoms with Gasteiger partial charge in [0.05, 0.1) is 18.2 Å². The van der Waals surface area contributed by atoms with Gasteiger partial charge in [0, 0.05) is 19.1 Å². The number of sulfonamides is 1. The Balaban J connectivity index is 0.000000242. The quantitative estimate of drug-likeness (QED) is 0.392. The SMILES string of the molecule is N#Cc1ccc(-c2ccc(OCCCN3CC[C@@H](N)C3)cc2)cc1.NS(=O)(=O)c1ccccc1OC(F)(F)F. The van der Waals surface area contributed by atoms with Crippen molar-refractivity contribution < 1.29 is 31.1 Å². The lowest BCUT2D eigenvalue weighted by Gasteiger charge is -2.15. The average molecular weight is 563 g/mol. The Morgan fingerprint density at radius 1 is 1.00 bits per heavy atom. The molecule has 0 amide bonds. The third-order valence-corrected chi connectivity index (χ3v) is 6.73. The zero-order valence-corrected chi connectivity index (χ0v) is 21.8. The summed E-state index contributed by atoms with van der Waals surface area (Å²) in [4.78, 5) is 1.70. The van der Waals surface area contributed by atoms with Crippen LogP contribution in [0.15, 0.2) is 77.7 Å². The smallest absolute Gasteiger partial charge is 0.494 e. The number of benzene rings is 3. The maximum atomic E-state index is 11.9. The van der Waals surface area contributed by atoms with Crippen LogP contribution in [0, 0.1) is 11.3 Å². The largest absolute Gasteiger partial charge is 0.573 e. The zero-order chi connectivity index (χ0) is 28.5. The molecular formula is C27H29F3N4O4S. The van der Waals surface area contributed by atoms with Crippen LogP contribution in [0.4, 0.5) is 13.2 Å². The minimum atomic E-state index is -4.96. The Labute approximate surface area is 225 Å². The van der Waals surface area contributed by atoms with Gasteiger partial charge >= 0.3 is 6.36 Å². The highest BCUT2D eigenvalue weighted by atomic mass is 32.2. The van der Waals surface area contributed by atoms with Gasteiger partial charge in [-0.05, 0) is 66.9 Å². The summed E-state index contributed by atoms with van der Waals surface area (Å²) < 4.78 is 66.6. The fourth-order valence-electron chi connectivity index (χ4n) is 3.92. The van der Waals surface area contributed by atoms with Gasteiger partial charge in [-0.2, -0.15) is 5.26 Å². The summed E-state index contributed by atoms with van der Waals surface area (Å²) in [7, 11) is -4.23. The molecule has 3 aromatic carbocycles. The summed E-state index contributed by atoms with van der Waals surface area (Å²) in [5, 5.41) is 13.5. The Morgan fingerprint density at radius 3 is 2.15 bits per heavy atom. The minimum absolute atomic E-state index is 0.348. The standard InChI is InChI=1S/C20H23N3O.C7H6F3NO3S/c21-14-16-2-4-17(5-3-16)18-6-8-20(9-7-18)24-13-1-11-23-12-10-19(22)15-23;8-7(9,10)14-5-3-1-2-4-6(5)15(11,12)13/h2-9,19H,1,10-13,15,22H2;1-4H,(H2,11,12,13)/t19-;/m1./s1. The zero-order valence-electron chi connectivity index (χ0n) is 21.0. The summed E-state index contributed by atoms with van der Waals surface area (Å²) in [6, 6.07) is 22.4. The van der Waals surface area contributed by atoms with E-state index in [0.29, 0.717) is 11.6 Å². The summed E-state index contributed by atoms with van der Waals surface area (Å²) in [6.07, 6.45) is -2.83. The van der Waals surface area contributed by atoms with E-state index in [1.807, 2.05) is 36.4 Å². The van der Waals surface area contributed by atoms with Crippen molar-refractivity contribution in [3.05, 3.63) is 78.4 Å². The van der Waals surface area contributed by atoms with Crippen LogP contribution >= 0.6 is 0 Å². The summed E-state index contributed by atoms with van der Waals surface area (Å²) >= 11 is 0. The van der Waals surface area contributed by atoms with E-state index in [2.05, 4.69) is 27.8 Å². The summed E-state index contributed by atoms with van der Waals surface area (Å²) in [6.45, 7) is 3.90. The number of nitrogens with zero attached hydrogens (tertiary/aromatic N) is 2. The van der Waals surface area contributed by atoms with Gasteiger partial charge < -0.3 is 20.1 Å². The van der Waals surface area contributed by atoms with E-state index in [-0.39, 0.29) is 0 Å². The minimum Gasteiger partial charge on any atom is -0.494 e. The van der Waals surface area contributed by atoms with Crippen LogP contribution in [-0.4, -0.2) is 52.0 Å². The second-order valence-electron chi connectivity index (χ2n) is 8.80. The molecule has 0 aromatic heterocycles. The molecule has 39 heavy (non-hydrogen) atoms. The molecule has 0 radical (unpaired) electrons. The molecule has 4 N–H and O–H groups in total. The molecule has 12 heteroatoms. The van der Waals surface area contributed by atoms with Crippen molar-refractivity contribution in [2.24, 2.45) is 10.9 Å². The van der Waals surface area contributed by atoms with Gasteiger partial charge in [0.2, 0.25) is 10.0 Å². The van der Waals surface area contributed by atoms with Gasteiger partial charge in [-0.15, -0.1) is 13.2 Å². The molecule has 208 valence electrons. The monoisotopic (exact) mass is 562 g/mol. The van der Waals surface area contributed by atoms with E-state index >= 15 is 0 Å². The van der Waals surface area contributed by atoms with Gasteiger partial charge in [-0.25, -0.2) is 13.6 Å². The Kier molecular flexibility index (Phi) is 10.3. The lowest BCUT2D eigenvalue weighted by Crippen LogP contribution is -2.28. The third kappa shape index (κ3) is 9.88. The van der Waals surface area contributed by atoms with Crippen LogP contribution in [0.5, 0.6) is 11.5 Å². The molecule has 0 aliphatic carbocycles. The number of primary sulfonamides is 1. The van der Waals surface area contributed by atoms with Crippen LogP contribution in [-0.2, 0) is 10.0 Å². The fourth-order valence-corrected chi connectivity index (χ4v) is 4.58. The van der Waals surface area contributed by atoms with Gasteiger partial charge in [-0.1, -0.05) is 36.4 Å². The number of ether oxygens (including phenoxy) is 2. The lowest BCUT2D eigenvalue weighted by atomic mass is 10.0. The molecule has 0 spiro atoms. The van der Waals surface area contributed by atoms with Gasteiger partial charge in [0.15, 0.2) is 0 Å². The molecule has 4 rings (SSSR count). The number of alkyl halides is 3. The van der Waals surface area contributed by atoms with E-state index < -0.39 is 27.0 Å². The Hall–Kier alpha value is -3.63. The number of hydrogen-bond acceptors (Lipinski definition) is 7. The van der Waals surface area contributed by atoms with E-state index in [1.54, 1.807) is 0 Å². The average Bonchev–Trinajstić information content (AvgIpc) is 3.31. The van der Waals surface area contributed by atoms with Crippen molar-refractivity contribution in [1.82, 2.24) is 4.90 Å². The Morgan fingerprint density at radius 2 is 1.62 bits per heavy atom. The van der Waals surface area contributed by atoms with Crippen LogP contribution in [0.2, 0.25) is 0 Å². The predicted octanol–water partition coefficient (Wildman–Crippen LogP) is 4.26. The molecule has 3 aromatic rings. The highest BCUT2D eigenvalue weighted by molar-refractivity contribution is 7.89. The number of likely N-dealkylation sites (tertiary alicyclic amines) is 1. The first-order valence-electron chi connectivity index (χ1n) is 12.0. The first-order chi connectivity index (χ1) is 18.4. The normalized spacial score (nSPS) is 15.6. The molecular weight excluding hydrogens is 533 g/mol. The van der Waals surface area contributed by atoms with Gasteiger partial charge in [-0.3, -0.25) is 0 Å². The molecule has 0 saturated carbocycles. The van der Waals surface area contributed by atoms with Crippen LogP contribution in [0.3, 0.4) is 0 Å². The number of hydrogen-bond donors (Lipinski definition) is 2. The second kappa shape index (κ2) is 13.4. The van der Waals surface area contributed by atoms with Crippen molar-refractivity contribution in [2.45, 2.75) is 30.1 Å². The van der Waals surface area contributed by atoms with Crippen molar-refractivity contribution in [3.63, 3.8) is 0 Å². The van der Waals surface area contributed by atoms with Crippen molar-refractivity contribution in [3.8, 4) is 28.7 Å². The summed E-state index contributed by atoms with van der Waals surface area (Å²) in [5.74, 6) is 0.0537. The first-order valence-corrected chi connectivity index (χ1v) is 13.6. The number of para-hydroxylation sites is 1. The van der Waals surface area contributed by atoms with Crippen molar-refractivity contribution >= 4 is 10.0 Å². The molecule has 1 aliphatic rings. The second-order valence-corrected chi connectivity index (χ2v) is 10.3. The van der Waals surface area contributed by atoms with Gasteiger partial charge in [0.1, 0.15) is 16.4 Å². The van der Waals surface area contributed by atoms with E-state index in [0.717, 1.165) is 68.1 Å². The highest BCUT2D eigenvalue weighted by Crippen LogP contribution is 2.28. The lowest BCUT2D eigenvalue weighted by molar-refractivity contribution is -0.275. The summed E-state index contributed by atoms with van der Waals surface area (Å²) in [5.41, 5.74) is 8.81. The molecule has 0 unspecified atom stereocenters. The maximum Gasteiger partial charge on any atom is 0.573 e. The maximum absolute atomic E-state index is 11.9. The molecule has 1 heterocycles. The topological polar surface area (TPSA) is 132 Å². The van der Waals surface area contributed by atoms with E-state index in [4.69, 9.17) is 20.9 Å². The number of nitriles is 1. The molecule has 1 atom stereocenters. The molecule has 1 aliphatic heterocycles. The van der Waals surface area contributed by atoms with Crippen LogP contribution < -0.4 is 20.3 Å². The van der Waals surface area contributed by atoms with E-state index in [1.165, 1.54) is 12.1 Å². The number of halogens is 3. The fraction of sp³-hybridized carbons (Fsp3) is 0.296. The predicted molar refractivity (Wildman–Crippen MR) is 140 cm³/mol. The van der Waals surface area contributed by atoms with Gasteiger partial charge in [0.25, 0.3) is 0 Å². The molecule has 8 nitrogen and oxygen atoms in total. The molecule has 0 bridgehead atoms. The number of rotatable bonds is 8. The highest BCUT2D eigenvalue weighted by Gasteiger charge is 2.33. The molecule has 1 saturated heterocycles. The van der Waals surface area contributed by atoms with Crippen LogP contribution in [0.25, 0.3) is 11.1 Å².